The van der Waals surface area contributed by atoms with E-state index in [0.717, 1.165) is 25.9 Å². The monoisotopic (exact) mass is 306 g/mol. The van der Waals surface area contributed by atoms with Gasteiger partial charge in [-0.25, -0.2) is 0 Å². The summed E-state index contributed by atoms with van der Waals surface area (Å²) in [5.41, 5.74) is 0.483. The summed E-state index contributed by atoms with van der Waals surface area (Å²) in [6, 6.07) is 6.71. The van der Waals surface area contributed by atoms with Crippen LogP contribution in [0.1, 0.15) is 12.8 Å². The lowest BCUT2D eigenvalue weighted by Crippen LogP contribution is -2.45. The van der Waals surface area contributed by atoms with Crippen LogP contribution in [0.15, 0.2) is 24.3 Å². The van der Waals surface area contributed by atoms with E-state index in [-0.39, 0.29) is 24.2 Å². The molecule has 1 aliphatic rings. The Morgan fingerprint density at radius 1 is 1.50 bits per heavy atom. The lowest BCUT2D eigenvalue weighted by Gasteiger charge is -2.27. The summed E-state index contributed by atoms with van der Waals surface area (Å²) in [5, 5.41) is 14.2. The van der Waals surface area contributed by atoms with Gasteiger partial charge in [0.2, 0.25) is 5.91 Å². The van der Waals surface area contributed by atoms with Gasteiger partial charge in [0, 0.05) is 32.2 Å². The smallest absolute Gasteiger partial charge is 0.292 e. The van der Waals surface area contributed by atoms with Crippen LogP contribution in [0.5, 0.6) is 0 Å². The quantitative estimate of drug-likeness (QED) is 0.632. The fraction of sp³-hybridized carbons (Fsp3) is 0.533. The van der Waals surface area contributed by atoms with Crippen molar-refractivity contribution in [2.24, 2.45) is 0 Å². The Morgan fingerprint density at radius 3 is 2.91 bits per heavy atom. The van der Waals surface area contributed by atoms with Gasteiger partial charge < -0.3 is 15.1 Å². The predicted molar refractivity (Wildman–Crippen MR) is 85.0 cm³/mol. The maximum Gasteiger partial charge on any atom is 0.292 e. The Balaban J connectivity index is 2.07. The van der Waals surface area contributed by atoms with E-state index in [2.05, 4.69) is 5.32 Å². The number of likely N-dealkylation sites (N-methyl/N-ethyl adjacent to an activating group) is 2. The third-order valence-corrected chi connectivity index (χ3v) is 4.00. The highest BCUT2D eigenvalue weighted by Gasteiger charge is 2.29. The first-order valence-corrected chi connectivity index (χ1v) is 7.43. The van der Waals surface area contributed by atoms with Crippen LogP contribution >= 0.6 is 0 Å². The van der Waals surface area contributed by atoms with E-state index in [1.165, 1.54) is 6.07 Å². The molecule has 7 nitrogen and oxygen atoms in total. The van der Waals surface area contributed by atoms with Crippen LogP contribution in [0, 0.1) is 10.1 Å². The molecule has 1 aliphatic heterocycles. The average Bonchev–Trinajstić information content (AvgIpc) is 2.96. The number of nitrogens with one attached hydrogen (secondary N) is 1. The predicted octanol–water partition coefficient (Wildman–Crippen LogP) is 1.24. The second kappa shape index (κ2) is 7.22. The second-order valence-electron chi connectivity index (χ2n) is 5.54. The molecule has 1 atom stereocenters. The number of likely N-dealkylation sites (tertiary alicyclic amines) is 1. The van der Waals surface area contributed by atoms with Crippen molar-refractivity contribution in [3.8, 4) is 0 Å². The number of hydrogen-bond acceptors (Lipinski definition) is 5. The number of benzene rings is 1. The van der Waals surface area contributed by atoms with E-state index in [9.17, 15) is 14.9 Å². The normalized spacial score (nSPS) is 17.5. The van der Waals surface area contributed by atoms with E-state index >= 15 is 0 Å². The molecule has 0 spiro atoms. The fourth-order valence-corrected chi connectivity index (χ4v) is 2.93. The summed E-state index contributed by atoms with van der Waals surface area (Å²) < 4.78 is 0. The number of amides is 1. The third kappa shape index (κ3) is 3.54. The van der Waals surface area contributed by atoms with E-state index in [4.69, 9.17) is 0 Å². The minimum atomic E-state index is -0.421. The third-order valence-electron chi connectivity index (χ3n) is 4.00. The molecule has 1 saturated heterocycles. The molecule has 0 saturated carbocycles. The van der Waals surface area contributed by atoms with Crippen LogP contribution in [0.4, 0.5) is 11.4 Å². The van der Waals surface area contributed by atoms with Crippen molar-refractivity contribution in [3.63, 3.8) is 0 Å². The molecule has 1 aromatic carbocycles. The number of nitro groups is 1. The Labute approximate surface area is 130 Å². The Hall–Kier alpha value is -2.15. The van der Waals surface area contributed by atoms with Gasteiger partial charge in [0.15, 0.2) is 0 Å². The topological polar surface area (TPSA) is 78.7 Å². The van der Waals surface area contributed by atoms with Crippen LogP contribution in [-0.4, -0.2) is 55.5 Å². The Morgan fingerprint density at radius 2 is 2.23 bits per heavy atom. The van der Waals surface area contributed by atoms with Gasteiger partial charge in [-0.2, -0.15) is 0 Å². The molecule has 0 radical (unpaired) electrons. The molecule has 1 N–H and O–H groups in total. The zero-order chi connectivity index (χ0) is 16.1. The highest BCUT2D eigenvalue weighted by molar-refractivity contribution is 5.83. The second-order valence-corrected chi connectivity index (χ2v) is 5.54. The Kier molecular flexibility index (Phi) is 5.32. The first-order chi connectivity index (χ1) is 10.5. The fourth-order valence-electron chi connectivity index (χ4n) is 2.93. The van der Waals surface area contributed by atoms with Crippen molar-refractivity contribution < 1.29 is 9.72 Å². The molecule has 0 aliphatic carbocycles. The molecule has 1 aromatic rings. The molecule has 1 amide bonds. The molecule has 22 heavy (non-hydrogen) atoms. The summed E-state index contributed by atoms with van der Waals surface area (Å²) in [7, 11) is 3.59. The highest BCUT2D eigenvalue weighted by atomic mass is 16.6. The number of anilines is 1. The van der Waals surface area contributed by atoms with Gasteiger partial charge in [0.25, 0.3) is 5.69 Å². The van der Waals surface area contributed by atoms with Gasteiger partial charge in [-0.15, -0.1) is 0 Å². The van der Waals surface area contributed by atoms with Crippen molar-refractivity contribution >= 4 is 17.3 Å². The first-order valence-electron chi connectivity index (χ1n) is 7.43. The molecule has 2 rings (SSSR count). The number of carbonyl (C=O) groups is 1. The van der Waals surface area contributed by atoms with Crippen LogP contribution in [-0.2, 0) is 4.79 Å². The van der Waals surface area contributed by atoms with Gasteiger partial charge in [-0.05, 0) is 26.0 Å². The zero-order valence-electron chi connectivity index (χ0n) is 13.0. The van der Waals surface area contributed by atoms with Crippen LogP contribution in [0.25, 0.3) is 0 Å². The lowest BCUT2D eigenvalue weighted by molar-refractivity contribution is -0.384. The summed E-state index contributed by atoms with van der Waals surface area (Å²) in [6.07, 6.45) is 2.01. The van der Waals surface area contributed by atoms with Crippen molar-refractivity contribution in [3.05, 3.63) is 34.4 Å². The van der Waals surface area contributed by atoms with E-state index in [1.807, 2.05) is 11.9 Å². The number of nitrogens with zero attached hydrogens (tertiary/aromatic N) is 3. The molecule has 120 valence electrons. The summed E-state index contributed by atoms with van der Waals surface area (Å²) in [4.78, 5) is 26.7. The van der Waals surface area contributed by atoms with Crippen molar-refractivity contribution in [2.75, 3.05) is 38.6 Å². The SMILES string of the molecule is CNCC1CCCN1C(=O)CN(C)c1ccccc1[N+](=O)[O-]. The zero-order valence-corrected chi connectivity index (χ0v) is 13.0. The molecule has 1 fully saturated rings. The number of carbonyl (C=O) groups excluding carboxylic acids is 1. The average molecular weight is 306 g/mol. The maximum absolute atomic E-state index is 12.5. The number of para-hydroxylation sites is 2. The van der Waals surface area contributed by atoms with E-state index < -0.39 is 4.92 Å². The lowest BCUT2D eigenvalue weighted by atomic mass is 10.2. The molecule has 1 unspecified atom stereocenters. The summed E-state index contributed by atoms with van der Waals surface area (Å²) in [5.74, 6) is 0.0124. The minimum absolute atomic E-state index is 0.0124. The first kappa shape index (κ1) is 16.2. The summed E-state index contributed by atoms with van der Waals surface area (Å²) in [6.45, 7) is 1.68. The minimum Gasteiger partial charge on any atom is -0.360 e. The Bertz CT molecular complexity index is 549. The van der Waals surface area contributed by atoms with Gasteiger partial charge in [-0.3, -0.25) is 14.9 Å². The molecular weight excluding hydrogens is 284 g/mol. The molecular formula is C15H22N4O3. The summed E-state index contributed by atoms with van der Waals surface area (Å²) >= 11 is 0. The largest absolute Gasteiger partial charge is 0.360 e. The van der Waals surface area contributed by atoms with E-state index in [1.54, 1.807) is 30.1 Å². The van der Waals surface area contributed by atoms with Crippen molar-refractivity contribution in [1.82, 2.24) is 10.2 Å². The van der Waals surface area contributed by atoms with Crippen LogP contribution in [0.3, 0.4) is 0 Å². The molecule has 7 heteroatoms. The van der Waals surface area contributed by atoms with Gasteiger partial charge in [0.05, 0.1) is 11.5 Å². The van der Waals surface area contributed by atoms with Gasteiger partial charge in [-0.1, -0.05) is 12.1 Å². The van der Waals surface area contributed by atoms with E-state index in [0.29, 0.717) is 5.69 Å². The number of nitro benzene ring substituents is 1. The molecule has 0 aromatic heterocycles. The standard InChI is InChI=1S/C15H22N4O3/c1-16-10-12-6-5-9-18(12)15(20)11-17(2)13-7-3-4-8-14(13)19(21)22/h3-4,7-8,12,16H,5-6,9-11H2,1-2H3. The number of hydrogen-bond donors (Lipinski definition) is 1. The van der Waals surface area contributed by atoms with Crippen LogP contribution < -0.4 is 10.2 Å². The molecule has 1 heterocycles. The maximum atomic E-state index is 12.5. The highest BCUT2D eigenvalue weighted by Crippen LogP contribution is 2.27. The van der Waals surface area contributed by atoms with Gasteiger partial charge in [0.1, 0.15) is 5.69 Å². The van der Waals surface area contributed by atoms with Gasteiger partial charge >= 0.3 is 0 Å². The number of rotatable bonds is 6. The van der Waals surface area contributed by atoms with Crippen molar-refractivity contribution in [1.29, 1.82) is 0 Å². The molecule has 0 bridgehead atoms. The van der Waals surface area contributed by atoms with Crippen LogP contribution in [0.2, 0.25) is 0 Å². The van der Waals surface area contributed by atoms with Crippen molar-refractivity contribution in [2.45, 2.75) is 18.9 Å².